The Balaban J connectivity index is 1.85. The Kier molecular flexibility index (Phi) is 5.55. The highest BCUT2D eigenvalue weighted by molar-refractivity contribution is 5.15. The molecule has 1 fully saturated rings. The molecule has 0 aromatic heterocycles. The first-order chi connectivity index (χ1) is 9.54. The standard InChI is InChI=1S/C17H27FN2/c1-13(2)17(19)10-15-4-3-9-20(12-15)11-14-5-7-16(18)8-6-14/h5-8,13,15,17H,3-4,9-12,19H2,1-2H3. The van der Waals surface area contributed by atoms with Crippen LogP contribution in [-0.2, 0) is 6.54 Å². The van der Waals surface area contributed by atoms with Crippen LogP contribution < -0.4 is 5.73 Å². The molecule has 0 amide bonds. The van der Waals surface area contributed by atoms with Crippen molar-refractivity contribution in [3.63, 3.8) is 0 Å². The minimum absolute atomic E-state index is 0.159. The van der Waals surface area contributed by atoms with Gasteiger partial charge in [0.25, 0.3) is 0 Å². The summed E-state index contributed by atoms with van der Waals surface area (Å²) in [4.78, 5) is 2.48. The minimum atomic E-state index is -0.159. The maximum Gasteiger partial charge on any atom is 0.123 e. The van der Waals surface area contributed by atoms with Gasteiger partial charge in [-0.25, -0.2) is 4.39 Å². The van der Waals surface area contributed by atoms with E-state index in [-0.39, 0.29) is 5.82 Å². The summed E-state index contributed by atoms with van der Waals surface area (Å²) in [6.07, 6.45) is 3.66. The number of hydrogen-bond donors (Lipinski definition) is 1. The fraction of sp³-hybridized carbons (Fsp3) is 0.647. The third-order valence-electron chi connectivity index (χ3n) is 4.38. The second-order valence-electron chi connectivity index (χ2n) is 6.51. The Morgan fingerprint density at radius 1 is 1.30 bits per heavy atom. The summed E-state index contributed by atoms with van der Waals surface area (Å²) in [5.74, 6) is 1.11. The van der Waals surface area contributed by atoms with Gasteiger partial charge in [0.2, 0.25) is 0 Å². The van der Waals surface area contributed by atoms with Gasteiger partial charge in [-0.15, -0.1) is 0 Å². The Bertz CT molecular complexity index is 402. The Morgan fingerprint density at radius 2 is 2.00 bits per heavy atom. The monoisotopic (exact) mass is 278 g/mol. The van der Waals surface area contributed by atoms with Crippen molar-refractivity contribution in [2.24, 2.45) is 17.6 Å². The second-order valence-corrected chi connectivity index (χ2v) is 6.51. The van der Waals surface area contributed by atoms with Crippen LogP contribution in [0, 0.1) is 17.7 Å². The van der Waals surface area contributed by atoms with E-state index in [0.717, 1.165) is 26.1 Å². The molecule has 2 unspecified atom stereocenters. The largest absolute Gasteiger partial charge is 0.327 e. The van der Waals surface area contributed by atoms with E-state index >= 15 is 0 Å². The van der Waals surface area contributed by atoms with Crippen LogP contribution in [0.4, 0.5) is 4.39 Å². The maximum absolute atomic E-state index is 12.9. The minimum Gasteiger partial charge on any atom is -0.327 e. The third kappa shape index (κ3) is 4.57. The van der Waals surface area contributed by atoms with Gasteiger partial charge in [-0.2, -0.15) is 0 Å². The van der Waals surface area contributed by atoms with Gasteiger partial charge in [-0.3, -0.25) is 4.90 Å². The average molecular weight is 278 g/mol. The summed E-state index contributed by atoms with van der Waals surface area (Å²) >= 11 is 0. The Labute approximate surface area is 122 Å². The van der Waals surface area contributed by atoms with Crippen molar-refractivity contribution < 1.29 is 4.39 Å². The highest BCUT2D eigenvalue weighted by Gasteiger charge is 2.22. The molecule has 2 nitrogen and oxygen atoms in total. The fourth-order valence-electron chi connectivity index (χ4n) is 2.99. The lowest BCUT2D eigenvalue weighted by molar-refractivity contribution is 0.152. The van der Waals surface area contributed by atoms with Crippen LogP contribution in [0.25, 0.3) is 0 Å². The van der Waals surface area contributed by atoms with Crippen molar-refractivity contribution in [3.05, 3.63) is 35.6 Å². The topological polar surface area (TPSA) is 29.3 Å². The molecule has 20 heavy (non-hydrogen) atoms. The van der Waals surface area contributed by atoms with Crippen molar-refractivity contribution in [1.29, 1.82) is 0 Å². The van der Waals surface area contributed by atoms with Gasteiger partial charge < -0.3 is 5.73 Å². The molecular weight excluding hydrogens is 251 g/mol. The van der Waals surface area contributed by atoms with Crippen LogP contribution in [-0.4, -0.2) is 24.0 Å². The predicted molar refractivity (Wildman–Crippen MR) is 81.8 cm³/mol. The zero-order chi connectivity index (χ0) is 14.5. The van der Waals surface area contributed by atoms with Gasteiger partial charge in [-0.1, -0.05) is 26.0 Å². The number of benzene rings is 1. The first kappa shape index (κ1) is 15.5. The molecule has 0 saturated carbocycles. The normalized spacial score (nSPS) is 22.1. The van der Waals surface area contributed by atoms with E-state index in [1.54, 1.807) is 12.1 Å². The number of piperidine rings is 1. The molecule has 1 aromatic rings. The zero-order valence-electron chi connectivity index (χ0n) is 12.7. The van der Waals surface area contributed by atoms with Crippen molar-refractivity contribution >= 4 is 0 Å². The Hall–Kier alpha value is -0.930. The summed E-state index contributed by atoms with van der Waals surface area (Å²) in [6, 6.07) is 7.18. The molecule has 0 aliphatic carbocycles. The highest BCUT2D eigenvalue weighted by atomic mass is 19.1. The number of nitrogens with two attached hydrogens (primary N) is 1. The van der Waals surface area contributed by atoms with E-state index in [4.69, 9.17) is 5.73 Å². The second kappa shape index (κ2) is 7.19. The van der Waals surface area contributed by atoms with E-state index in [9.17, 15) is 4.39 Å². The van der Waals surface area contributed by atoms with Crippen LogP contribution in [0.1, 0.15) is 38.7 Å². The molecule has 2 N–H and O–H groups in total. The molecular formula is C17H27FN2. The summed E-state index contributed by atoms with van der Waals surface area (Å²) < 4.78 is 12.9. The molecule has 0 spiro atoms. The molecule has 1 aliphatic rings. The number of nitrogens with zero attached hydrogens (tertiary/aromatic N) is 1. The van der Waals surface area contributed by atoms with Crippen molar-refractivity contribution in [1.82, 2.24) is 4.90 Å². The molecule has 2 atom stereocenters. The summed E-state index contributed by atoms with van der Waals surface area (Å²) in [7, 11) is 0. The van der Waals surface area contributed by atoms with E-state index in [1.807, 2.05) is 12.1 Å². The smallest absolute Gasteiger partial charge is 0.123 e. The highest BCUT2D eigenvalue weighted by Crippen LogP contribution is 2.23. The molecule has 112 valence electrons. The lowest BCUT2D eigenvalue weighted by Crippen LogP contribution is -2.38. The lowest BCUT2D eigenvalue weighted by atomic mass is 9.87. The van der Waals surface area contributed by atoms with Crippen LogP contribution in [0.3, 0.4) is 0 Å². The molecule has 1 aromatic carbocycles. The maximum atomic E-state index is 12.9. The van der Waals surface area contributed by atoms with E-state index in [1.165, 1.54) is 18.4 Å². The number of likely N-dealkylation sites (tertiary alicyclic amines) is 1. The number of halogens is 1. The number of rotatable bonds is 5. The van der Waals surface area contributed by atoms with Gasteiger partial charge in [0.15, 0.2) is 0 Å². The van der Waals surface area contributed by atoms with E-state index in [2.05, 4.69) is 18.7 Å². The molecule has 2 rings (SSSR count). The summed E-state index contributed by atoms with van der Waals surface area (Å²) in [5.41, 5.74) is 7.40. The molecule has 0 bridgehead atoms. The fourth-order valence-corrected chi connectivity index (χ4v) is 2.99. The van der Waals surface area contributed by atoms with Gasteiger partial charge in [0.1, 0.15) is 5.82 Å². The van der Waals surface area contributed by atoms with E-state index in [0.29, 0.717) is 17.9 Å². The SMILES string of the molecule is CC(C)C(N)CC1CCCN(Cc2ccc(F)cc2)C1. The van der Waals surface area contributed by atoms with Crippen molar-refractivity contribution in [2.75, 3.05) is 13.1 Å². The van der Waals surface area contributed by atoms with Gasteiger partial charge in [0, 0.05) is 19.1 Å². The lowest BCUT2D eigenvalue weighted by Gasteiger charge is -2.34. The van der Waals surface area contributed by atoms with Crippen LogP contribution in [0.2, 0.25) is 0 Å². The summed E-state index contributed by atoms with van der Waals surface area (Å²) in [5, 5.41) is 0. The van der Waals surface area contributed by atoms with Crippen LogP contribution >= 0.6 is 0 Å². The molecule has 3 heteroatoms. The van der Waals surface area contributed by atoms with Gasteiger partial charge in [0.05, 0.1) is 0 Å². The van der Waals surface area contributed by atoms with Crippen molar-refractivity contribution in [2.45, 2.75) is 45.7 Å². The van der Waals surface area contributed by atoms with Crippen LogP contribution in [0.5, 0.6) is 0 Å². The molecule has 0 radical (unpaired) electrons. The first-order valence-electron chi connectivity index (χ1n) is 7.77. The summed E-state index contributed by atoms with van der Waals surface area (Å²) in [6.45, 7) is 7.59. The van der Waals surface area contributed by atoms with Gasteiger partial charge in [-0.05, 0) is 55.3 Å². The third-order valence-corrected chi connectivity index (χ3v) is 4.38. The Morgan fingerprint density at radius 3 is 2.65 bits per heavy atom. The van der Waals surface area contributed by atoms with E-state index < -0.39 is 0 Å². The average Bonchev–Trinajstić information content (AvgIpc) is 2.42. The quantitative estimate of drug-likeness (QED) is 0.894. The van der Waals surface area contributed by atoms with Gasteiger partial charge >= 0.3 is 0 Å². The van der Waals surface area contributed by atoms with Crippen LogP contribution in [0.15, 0.2) is 24.3 Å². The molecule has 1 aliphatic heterocycles. The van der Waals surface area contributed by atoms with Crippen molar-refractivity contribution in [3.8, 4) is 0 Å². The molecule has 1 saturated heterocycles. The molecule has 1 heterocycles. The number of hydrogen-bond acceptors (Lipinski definition) is 2. The first-order valence-corrected chi connectivity index (χ1v) is 7.77. The predicted octanol–water partition coefficient (Wildman–Crippen LogP) is 3.41. The zero-order valence-corrected chi connectivity index (χ0v) is 12.7.